The SMILES string of the molecule is COc1ccc(-c2ccc3c(CCCN4CCP(C)(=O)CC4)cn(-c4cnn(C)c4)c3n2)cc1. The van der Waals surface area contributed by atoms with Crippen molar-refractivity contribution in [3.05, 3.63) is 60.6 Å². The summed E-state index contributed by atoms with van der Waals surface area (Å²) in [7, 11) is 1.73. The van der Waals surface area contributed by atoms with Crippen LogP contribution in [0.3, 0.4) is 0 Å². The zero-order chi connectivity index (χ0) is 23.7. The van der Waals surface area contributed by atoms with Crippen molar-refractivity contribution in [2.45, 2.75) is 12.8 Å². The van der Waals surface area contributed by atoms with Crippen LogP contribution in [0.5, 0.6) is 5.75 Å². The Labute approximate surface area is 200 Å². The van der Waals surface area contributed by atoms with Crippen molar-refractivity contribution in [2.24, 2.45) is 7.05 Å². The monoisotopic (exact) mass is 477 g/mol. The number of ether oxygens (including phenoxy) is 1. The average molecular weight is 478 g/mol. The molecule has 1 fully saturated rings. The Morgan fingerprint density at radius 1 is 1.06 bits per heavy atom. The Kier molecular flexibility index (Phi) is 6.32. The van der Waals surface area contributed by atoms with Crippen molar-refractivity contribution in [3.8, 4) is 22.7 Å². The summed E-state index contributed by atoms with van der Waals surface area (Å²) in [6.45, 7) is 4.90. The number of pyridine rings is 1. The van der Waals surface area contributed by atoms with Gasteiger partial charge in [0.1, 0.15) is 11.4 Å². The van der Waals surface area contributed by atoms with E-state index in [0.717, 1.165) is 73.1 Å². The van der Waals surface area contributed by atoms with Crippen molar-refractivity contribution >= 4 is 18.2 Å². The van der Waals surface area contributed by atoms with Crippen LogP contribution >= 0.6 is 7.14 Å². The normalized spacial score (nSPS) is 16.2. The van der Waals surface area contributed by atoms with E-state index in [1.807, 2.05) is 55.1 Å². The lowest BCUT2D eigenvalue weighted by Gasteiger charge is -2.30. The van der Waals surface area contributed by atoms with Crippen LogP contribution in [0.2, 0.25) is 0 Å². The van der Waals surface area contributed by atoms with Gasteiger partial charge in [-0.15, -0.1) is 0 Å². The second-order valence-corrected chi connectivity index (χ2v) is 12.9. The van der Waals surface area contributed by atoms with Crippen LogP contribution < -0.4 is 4.74 Å². The van der Waals surface area contributed by atoms with E-state index >= 15 is 0 Å². The van der Waals surface area contributed by atoms with Crippen molar-refractivity contribution in [2.75, 3.05) is 45.7 Å². The zero-order valence-electron chi connectivity index (χ0n) is 20.1. The van der Waals surface area contributed by atoms with Crippen LogP contribution in [0.1, 0.15) is 12.0 Å². The molecule has 0 aliphatic carbocycles. The Hall–Kier alpha value is -2.89. The van der Waals surface area contributed by atoms with Gasteiger partial charge in [-0.25, -0.2) is 4.98 Å². The van der Waals surface area contributed by atoms with Gasteiger partial charge in [-0.05, 0) is 68.0 Å². The summed E-state index contributed by atoms with van der Waals surface area (Å²) < 4.78 is 21.5. The van der Waals surface area contributed by atoms with Crippen molar-refractivity contribution in [1.29, 1.82) is 0 Å². The van der Waals surface area contributed by atoms with Crippen LogP contribution in [-0.4, -0.2) is 70.0 Å². The molecule has 0 spiro atoms. The Morgan fingerprint density at radius 2 is 1.82 bits per heavy atom. The Balaban J connectivity index is 1.42. The molecule has 5 rings (SSSR count). The van der Waals surface area contributed by atoms with Gasteiger partial charge in [0.25, 0.3) is 0 Å². The maximum atomic E-state index is 12.3. The first kappa shape index (κ1) is 22.9. The molecule has 7 nitrogen and oxygen atoms in total. The minimum Gasteiger partial charge on any atom is -0.497 e. The highest BCUT2D eigenvalue weighted by molar-refractivity contribution is 7.63. The lowest BCUT2D eigenvalue weighted by atomic mass is 10.1. The highest BCUT2D eigenvalue weighted by Gasteiger charge is 2.23. The molecule has 0 radical (unpaired) electrons. The van der Waals surface area contributed by atoms with Gasteiger partial charge in [0.05, 0.1) is 31.8 Å². The summed E-state index contributed by atoms with van der Waals surface area (Å²) in [6, 6.07) is 12.3. The number of hydrogen-bond donors (Lipinski definition) is 0. The summed E-state index contributed by atoms with van der Waals surface area (Å²) in [5, 5.41) is 5.55. The fourth-order valence-electron chi connectivity index (χ4n) is 4.67. The number of methoxy groups -OCH3 is 1. The molecule has 1 aliphatic heterocycles. The molecule has 4 heterocycles. The van der Waals surface area contributed by atoms with Crippen LogP contribution in [0.4, 0.5) is 0 Å². The first-order chi connectivity index (χ1) is 16.4. The standard InChI is InChI=1S/C26H32N5O2P/c1-29-19-22(17-27-29)31-18-21(5-4-12-30-13-15-34(3,32)16-14-30)24-10-11-25(28-26(24)31)20-6-8-23(33-2)9-7-20/h6-11,17-19H,4-5,12-16H2,1-3H3. The van der Waals surface area contributed by atoms with Crippen LogP contribution in [0, 0.1) is 0 Å². The summed E-state index contributed by atoms with van der Waals surface area (Å²) >= 11 is 0. The molecule has 4 aromatic rings. The fraction of sp³-hybridized carbons (Fsp3) is 0.385. The fourth-order valence-corrected chi connectivity index (χ4v) is 6.30. The minimum absolute atomic E-state index is 0.835. The quantitative estimate of drug-likeness (QED) is 0.362. The third-order valence-electron chi connectivity index (χ3n) is 6.79. The molecule has 0 amide bonds. The van der Waals surface area contributed by atoms with Crippen molar-refractivity contribution in [3.63, 3.8) is 0 Å². The van der Waals surface area contributed by atoms with E-state index in [1.165, 1.54) is 10.9 Å². The summed E-state index contributed by atoms with van der Waals surface area (Å²) in [4.78, 5) is 7.52. The zero-order valence-corrected chi connectivity index (χ0v) is 21.0. The first-order valence-electron chi connectivity index (χ1n) is 11.8. The van der Waals surface area contributed by atoms with Gasteiger partial charge in [-0.3, -0.25) is 9.25 Å². The second kappa shape index (κ2) is 9.40. The lowest BCUT2D eigenvalue weighted by molar-refractivity contribution is 0.292. The van der Waals surface area contributed by atoms with Crippen LogP contribution in [-0.2, 0) is 18.0 Å². The van der Waals surface area contributed by atoms with Gasteiger partial charge in [-0.1, -0.05) is 0 Å². The van der Waals surface area contributed by atoms with Gasteiger partial charge < -0.3 is 14.2 Å². The van der Waals surface area contributed by atoms with E-state index in [-0.39, 0.29) is 0 Å². The predicted octanol–water partition coefficient (Wildman–Crippen LogP) is 4.68. The molecule has 34 heavy (non-hydrogen) atoms. The van der Waals surface area contributed by atoms with Gasteiger partial charge >= 0.3 is 0 Å². The number of hydrogen-bond acceptors (Lipinski definition) is 5. The van der Waals surface area contributed by atoms with E-state index in [2.05, 4.69) is 32.9 Å². The molecule has 1 saturated heterocycles. The maximum absolute atomic E-state index is 12.3. The lowest BCUT2D eigenvalue weighted by Crippen LogP contribution is -2.35. The molecule has 0 unspecified atom stereocenters. The molecular weight excluding hydrogens is 445 g/mol. The van der Waals surface area contributed by atoms with Gasteiger partial charge in [-0.2, -0.15) is 5.10 Å². The van der Waals surface area contributed by atoms with E-state index in [4.69, 9.17) is 9.72 Å². The second-order valence-electron chi connectivity index (χ2n) is 9.38. The smallest absolute Gasteiger partial charge is 0.145 e. The van der Waals surface area contributed by atoms with Crippen LogP contribution in [0.15, 0.2) is 55.0 Å². The van der Waals surface area contributed by atoms with E-state index in [1.54, 1.807) is 7.11 Å². The average Bonchev–Trinajstić information content (AvgIpc) is 3.43. The van der Waals surface area contributed by atoms with Crippen molar-refractivity contribution in [1.82, 2.24) is 24.2 Å². The minimum atomic E-state index is -1.88. The molecule has 0 atom stereocenters. The molecule has 1 aliphatic rings. The number of rotatable bonds is 7. The first-order valence-corrected chi connectivity index (χ1v) is 14.4. The molecule has 178 valence electrons. The topological polar surface area (TPSA) is 65.2 Å². The Bertz CT molecular complexity index is 1330. The highest BCUT2D eigenvalue weighted by Crippen LogP contribution is 2.42. The molecule has 8 heteroatoms. The molecule has 3 aromatic heterocycles. The predicted molar refractivity (Wildman–Crippen MR) is 138 cm³/mol. The third-order valence-corrected chi connectivity index (χ3v) is 9.08. The number of aryl methyl sites for hydroxylation is 2. The largest absolute Gasteiger partial charge is 0.497 e. The van der Waals surface area contributed by atoms with Crippen molar-refractivity contribution < 1.29 is 9.30 Å². The number of fused-ring (bicyclic) bond motifs is 1. The molecule has 0 bridgehead atoms. The van der Waals surface area contributed by atoms with Gasteiger partial charge in [0, 0.05) is 55.8 Å². The Morgan fingerprint density at radius 3 is 2.50 bits per heavy atom. The maximum Gasteiger partial charge on any atom is 0.145 e. The van der Waals surface area contributed by atoms with Gasteiger partial charge in [0.15, 0.2) is 0 Å². The molecular formula is C26H32N5O2P. The highest BCUT2D eigenvalue weighted by atomic mass is 31.2. The third kappa shape index (κ3) is 4.82. The molecule has 0 saturated carbocycles. The molecule has 0 N–H and O–H groups in total. The summed E-state index contributed by atoms with van der Waals surface area (Å²) in [5.74, 6) is 0.835. The van der Waals surface area contributed by atoms with E-state index in [9.17, 15) is 4.57 Å². The summed E-state index contributed by atoms with van der Waals surface area (Å²) in [6.07, 6.45) is 9.86. The van der Waals surface area contributed by atoms with Crippen LogP contribution in [0.25, 0.3) is 28.0 Å². The number of aromatic nitrogens is 4. The number of benzene rings is 1. The van der Waals surface area contributed by atoms with E-state index in [0.29, 0.717) is 0 Å². The molecule has 1 aromatic carbocycles. The van der Waals surface area contributed by atoms with Gasteiger partial charge in [0.2, 0.25) is 0 Å². The number of nitrogens with zero attached hydrogens (tertiary/aromatic N) is 5. The summed E-state index contributed by atoms with van der Waals surface area (Å²) in [5.41, 5.74) is 5.24. The van der Waals surface area contributed by atoms with E-state index < -0.39 is 7.14 Å².